The molecular weight excluding hydrogens is 204 g/mol. The first kappa shape index (κ1) is 13.4. The zero-order valence-electron chi connectivity index (χ0n) is 12.3. The second kappa shape index (κ2) is 5.76. The van der Waals surface area contributed by atoms with Crippen molar-refractivity contribution in [1.82, 2.24) is 0 Å². The lowest BCUT2D eigenvalue weighted by Crippen LogP contribution is -2.40. The van der Waals surface area contributed by atoms with Crippen LogP contribution in [0.1, 0.15) is 85.0 Å². The van der Waals surface area contributed by atoms with Crippen molar-refractivity contribution in [3.8, 4) is 0 Å². The molecule has 0 N–H and O–H groups in total. The molecule has 0 aromatic carbocycles. The maximum atomic E-state index is 2.47. The molecule has 2 aliphatic carbocycles. The van der Waals surface area contributed by atoms with Crippen LogP contribution in [0.4, 0.5) is 0 Å². The minimum Gasteiger partial charge on any atom is -0.0648 e. The Bertz CT molecular complexity index is 222. The molecule has 0 radical (unpaired) electrons. The molecular formula is C17H32. The van der Waals surface area contributed by atoms with Crippen molar-refractivity contribution < 1.29 is 0 Å². The summed E-state index contributed by atoms with van der Waals surface area (Å²) >= 11 is 0. The Morgan fingerprint density at radius 1 is 0.941 bits per heavy atom. The standard InChI is InChI=1S/C17H32/c1-4-17(12-8-5-9-13-17)16-11-7-6-10-15(16)14(2)3/h14-16H,4-13H2,1-3H3. The summed E-state index contributed by atoms with van der Waals surface area (Å²) in [5.74, 6) is 2.99. The summed E-state index contributed by atoms with van der Waals surface area (Å²) < 4.78 is 0. The molecule has 0 bridgehead atoms. The molecule has 0 aliphatic heterocycles. The van der Waals surface area contributed by atoms with Crippen LogP contribution in [0.25, 0.3) is 0 Å². The lowest BCUT2D eigenvalue weighted by Gasteiger charge is -2.50. The van der Waals surface area contributed by atoms with Crippen LogP contribution >= 0.6 is 0 Å². The molecule has 0 heteroatoms. The Morgan fingerprint density at radius 2 is 1.59 bits per heavy atom. The van der Waals surface area contributed by atoms with E-state index in [4.69, 9.17) is 0 Å². The highest BCUT2D eigenvalue weighted by molar-refractivity contribution is 4.93. The van der Waals surface area contributed by atoms with Gasteiger partial charge in [0.15, 0.2) is 0 Å². The smallest absolute Gasteiger partial charge is 0.0269 e. The Morgan fingerprint density at radius 3 is 2.18 bits per heavy atom. The molecule has 0 heterocycles. The fraction of sp³-hybridized carbons (Fsp3) is 1.00. The summed E-state index contributed by atoms with van der Waals surface area (Å²) in [5, 5.41) is 0. The fourth-order valence-electron chi connectivity index (χ4n) is 4.96. The molecule has 17 heavy (non-hydrogen) atoms. The van der Waals surface area contributed by atoms with E-state index in [9.17, 15) is 0 Å². The third-order valence-corrected chi connectivity index (χ3v) is 6.02. The normalized spacial score (nSPS) is 33.9. The van der Waals surface area contributed by atoms with Gasteiger partial charge < -0.3 is 0 Å². The summed E-state index contributed by atoms with van der Waals surface area (Å²) in [7, 11) is 0. The molecule has 0 spiro atoms. The molecule has 0 aromatic rings. The van der Waals surface area contributed by atoms with Gasteiger partial charge in [-0.2, -0.15) is 0 Å². The first-order valence-corrected chi connectivity index (χ1v) is 8.19. The van der Waals surface area contributed by atoms with Crippen molar-refractivity contribution in [1.29, 1.82) is 0 Å². The lowest BCUT2D eigenvalue weighted by molar-refractivity contribution is 0.00410. The van der Waals surface area contributed by atoms with Gasteiger partial charge in [-0.15, -0.1) is 0 Å². The van der Waals surface area contributed by atoms with Gasteiger partial charge in [0.05, 0.1) is 0 Å². The van der Waals surface area contributed by atoms with Crippen molar-refractivity contribution in [2.45, 2.75) is 85.0 Å². The minimum absolute atomic E-state index is 0.744. The van der Waals surface area contributed by atoms with Crippen molar-refractivity contribution in [3.63, 3.8) is 0 Å². The van der Waals surface area contributed by atoms with E-state index in [1.54, 1.807) is 0 Å². The van der Waals surface area contributed by atoms with Crippen molar-refractivity contribution in [2.24, 2.45) is 23.2 Å². The van der Waals surface area contributed by atoms with E-state index in [1.807, 2.05) is 0 Å². The van der Waals surface area contributed by atoms with Crippen LogP contribution in [0.15, 0.2) is 0 Å². The maximum Gasteiger partial charge on any atom is -0.0269 e. The summed E-state index contributed by atoms with van der Waals surface area (Å²) in [4.78, 5) is 0. The molecule has 2 fully saturated rings. The van der Waals surface area contributed by atoms with Crippen LogP contribution in [0, 0.1) is 23.2 Å². The first-order valence-electron chi connectivity index (χ1n) is 8.19. The average Bonchev–Trinajstić information content (AvgIpc) is 2.39. The van der Waals surface area contributed by atoms with Gasteiger partial charge in [0, 0.05) is 0 Å². The Balaban J connectivity index is 2.15. The highest BCUT2D eigenvalue weighted by Crippen LogP contribution is 2.53. The van der Waals surface area contributed by atoms with Gasteiger partial charge in [-0.05, 0) is 48.9 Å². The van der Waals surface area contributed by atoms with Gasteiger partial charge in [-0.1, -0.05) is 59.3 Å². The number of hydrogen-bond acceptors (Lipinski definition) is 0. The third kappa shape index (κ3) is 2.71. The van der Waals surface area contributed by atoms with Crippen molar-refractivity contribution in [3.05, 3.63) is 0 Å². The largest absolute Gasteiger partial charge is 0.0648 e. The summed E-state index contributed by atoms with van der Waals surface area (Å²) in [5.41, 5.74) is 0.744. The molecule has 2 saturated carbocycles. The van der Waals surface area contributed by atoms with Gasteiger partial charge in [-0.25, -0.2) is 0 Å². The quantitative estimate of drug-likeness (QED) is 0.580. The zero-order chi connectivity index (χ0) is 12.3. The molecule has 2 rings (SSSR count). The highest BCUT2D eigenvalue weighted by Gasteiger charge is 2.43. The first-order chi connectivity index (χ1) is 8.19. The van der Waals surface area contributed by atoms with E-state index in [0.717, 1.165) is 23.2 Å². The molecule has 2 aliphatic rings. The van der Waals surface area contributed by atoms with Gasteiger partial charge in [0.1, 0.15) is 0 Å². The topological polar surface area (TPSA) is 0 Å². The van der Waals surface area contributed by atoms with Crippen LogP contribution in [0.2, 0.25) is 0 Å². The van der Waals surface area contributed by atoms with Crippen LogP contribution < -0.4 is 0 Å². The van der Waals surface area contributed by atoms with Gasteiger partial charge in [0.25, 0.3) is 0 Å². The molecule has 0 saturated heterocycles. The van der Waals surface area contributed by atoms with Crippen LogP contribution in [-0.2, 0) is 0 Å². The predicted octanol–water partition coefficient (Wildman–Crippen LogP) is 5.81. The summed E-state index contributed by atoms with van der Waals surface area (Å²) in [6, 6.07) is 0. The summed E-state index contributed by atoms with van der Waals surface area (Å²) in [6.45, 7) is 7.40. The second-order valence-corrected chi connectivity index (χ2v) is 7.08. The van der Waals surface area contributed by atoms with Crippen LogP contribution in [-0.4, -0.2) is 0 Å². The minimum atomic E-state index is 0.744. The maximum absolute atomic E-state index is 2.47. The number of rotatable bonds is 3. The monoisotopic (exact) mass is 236 g/mol. The van der Waals surface area contributed by atoms with Crippen molar-refractivity contribution >= 4 is 0 Å². The second-order valence-electron chi connectivity index (χ2n) is 7.08. The Labute approximate surface area is 109 Å². The van der Waals surface area contributed by atoms with Gasteiger partial charge >= 0.3 is 0 Å². The van der Waals surface area contributed by atoms with Gasteiger partial charge in [-0.3, -0.25) is 0 Å². The van der Waals surface area contributed by atoms with E-state index in [-0.39, 0.29) is 0 Å². The SMILES string of the molecule is CCC1(C2CCCCC2C(C)C)CCCCC1. The molecule has 2 unspecified atom stereocenters. The van der Waals surface area contributed by atoms with E-state index in [1.165, 1.54) is 64.2 Å². The van der Waals surface area contributed by atoms with E-state index < -0.39 is 0 Å². The molecule has 2 atom stereocenters. The van der Waals surface area contributed by atoms with E-state index in [0.29, 0.717) is 0 Å². The number of hydrogen-bond donors (Lipinski definition) is 0. The average molecular weight is 236 g/mol. The Hall–Kier alpha value is 0. The lowest BCUT2D eigenvalue weighted by atomic mass is 9.55. The Kier molecular flexibility index (Phi) is 4.55. The van der Waals surface area contributed by atoms with Crippen LogP contribution in [0.3, 0.4) is 0 Å². The third-order valence-electron chi connectivity index (χ3n) is 6.02. The molecule has 100 valence electrons. The molecule has 0 nitrogen and oxygen atoms in total. The highest BCUT2D eigenvalue weighted by atomic mass is 14.5. The van der Waals surface area contributed by atoms with Crippen LogP contribution in [0.5, 0.6) is 0 Å². The molecule has 0 amide bonds. The van der Waals surface area contributed by atoms with Gasteiger partial charge in [0.2, 0.25) is 0 Å². The fourth-order valence-corrected chi connectivity index (χ4v) is 4.96. The predicted molar refractivity (Wildman–Crippen MR) is 76.1 cm³/mol. The van der Waals surface area contributed by atoms with E-state index >= 15 is 0 Å². The van der Waals surface area contributed by atoms with Crippen molar-refractivity contribution in [2.75, 3.05) is 0 Å². The van der Waals surface area contributed by atoms with E-state index in [2.05, 4.69) is 20.8 Å². The zero-order valence-corrected chi connectivity index (χ0v) is 12.3. The molecule has 0 aromatic heterocycles. The summed E-state index contributed by atoms with van der Waals surface area (Å²) in [6.07, 6.45) is 15.1.